The van der Waals surface area contributed by atoms with Crippen LogP contribution in [-0.4, -0.2) is 50.2 Å². The lowest BCUT2D eigenvalue weighted by Gasteiger charge is -2.15. The third-order valence-electron chi connectivity index (χ3n) is 5.39. The number of pyridine rings is 2. The SMILES string of the molecule is CCOc1cccc2ccc(-c3nnc4ccc(CN5CCC(N)C5)cn34)nc12. The molecule has 0 amide bonds. The lowest BCUT2D eigenvalue weighted by Crippen LogP contribution is -2.26. The van der Waals surface area contributed by atoms with Gasteiger partial charge in [-0.05, 0) is 37.1 Å². The predicted molar refractivity (Wildman–Crippen MR) is 113 cm³/mol. The van der Waals surface area contributed by atoms with Crippen molar-refractivity contribution in [2.45, 2.75) is 25.9 Å². The Morgan fingerprint density at radius 3 is 2.90 bits per heavy atom. The average molecular weight is 388 g/mol. The number of para-hydroxylation sites is 1. The molecule has 1 aliphatic heterocycles. The minimum atomic E-state index is 0.283. The van der Waals surface area contributed by atoms with Crippen LogP contribution in [-0.2, 0) is 6.54 Å². The van der Waals surface area contributed by atoms with E-state index in [9.17, 15) is 0 Å². The molecule has 1 fully saturated rings. The van der Waals surface area contributed by atoms with Crippen molar-refractivity contribution in [2.75, 3.05) is 19.7 Å². The van der Waals surface area contributed by atoms with Crippen molar-refractivity contribution >= 4 is 16.6 Å². The summed E-state index contributed by atoms with van der Waals surface area (Å²) in [5, 5.41) is 9.78. The Hall–Kier alpha value is -3.03. The normalized spacial score (nSPS) is 17.4. The van der Waals surface area contributed by atoms with Crippen molar-refractivity contribution in [2.24, 2.45) is 5.73 Å². The third kappa shape index (κ3) is 3.43. The molecule has 1 atom stereocenters. The van der Waals surface area contributed by atoms with Gasteiger partial charge in [-0.25, -0.2) is 4.98 Å². The lowest BCUT2D eigenvalue weighted by atomic mass is 10.2. The Morgan fingerprint density at radius 1 is 1.14 bits per heavy atom. The van der Waals surface area contributed by atoms with Gasteiger partial charge >= 0.3 is 0 Å². The summed E-state index contributed by atoms with van der Waals surface area (Å²) in [5.74, 6) is 1.51. The molecule has 1 unspecified atom stereocenters. The first-order valence-corrected chi connectivity index (χ1v) is 10.1. The number of rotatable bonds is 5. The number of benzene rings is 1. The highest BCUT2D eigenvalue weighted by Crippen LogP contribution is 2.27. The molecule has 4 aromatic rings. The predicted octanol–water partition coefficient (Wildman–Crippen LogP) is 2.88. The smallest absolute Gasteiger partial charge is 0.187 e. The van der Waals surface area contributed by atoms with Crippen LogP contribution in [0, 0.1) is 0 Å². The molecule has 5 rings (SSSR count). The van der Waals surface area contributed by atoms with E-state index < -0.39 is 0 Å². The molecule has 4 heterocycles. The van der Waals surface area contributed by atoms with E-state index in [4.69, 9.17) is 15.5 Å². The van der Waals surface area contributed by atoms with E-state index >= 15 is 0 Å². The van der Waals surface area contributed by atoms with Gasteiger partial charge in [-0.3, -0.25) is 9.30 Å². The molecule has 0 radical (unpaired) electrons. The second-order valence-corrected chi connectivity index (χ2v) is 7.53. The molecule has 1 saturated heterocycles. The van der Waals surface area contributed by atoms with Crippen molar-refractivity contribution in [1.29, 1.82) is 0 Å². The summed E-state index contributed by atoms with van der Waals surface area (Å²) in [6, 6.07) is 14.4. The second-order valence-electron chi connectivity index (χ2n) is 7.53. The van der Waals surface area contributed by atoms with Gasteiger partial charge in [0.25, 0.3) is 0 Å². The van der Waals surface area contributed by atoms with Gasteiger partial charge in [0.05, 0.1) is 6.61 Å². The summed E-state index contributed by atoms with van der Waals surface area (Å²) in [7, 11) is 0. The van der Waals surface area contributed by atoms with Crippen LogP contribution in [0.1, 0.15) is 18.9 Å². The van der Waals surface area contributed by atoms with Gasteiger partial charge in [0, 0.05) is 37.3 Å². The molecule has 0 saturated carbocycles. The zero-order chi connectivity index (χ0) is 19.8. The molecule has 1 aromatic carbocycles. The van der Waals surface area contributed by atoms with Crippen LogP contribution in [0.25, 0.3) is 28.1 Å². The van der Waals surface area contributed by atoms with Crippen LogP contribution in [0.3, 0.4) is 0 Å². The van der Waals surface area contributed by atoms with Crippen molar-refractivity contribution in [3.63, 3.8) is 0 Å². The number of hydrogen-bond acceptors (Lipinski definition) is 6. The summed E-state index contributed by atoms with van der Waals surface area (Å²) >= 11 is 0. The Balaban J connectivity index is 1.54. The number of nitrogens with zero attached hydrogens (tertiary/aromatic N) is 5. The van der Waals surface area contributed by atoms with Crippen molar-refractivity contribution in [3.05, 3.63) is 54.2 Å². The highest BCUT2D eigenvalue weighted by molar-refractivity contribution is 5.86. The number of nitrogens with two attached hydrogens (primary N) is 1. The van der Waals surface area contributed by atoms with Gasteiger partial charge in [0.2, 0.25) is 0 Å². The summed E-state index contributed by atoms with van der Waals surface area (Å²) < 4.78 is 7.78. The second kappa shape index (κ2) is 7.42. The van der Waals surface area contributed by atoms with E-state index in [1.807, 2.05) is 41.7 Å². The van der Waals surface area contributed by atoms with E-state index in [-0.39, 0.29) is 6.04 Å². The summed E-state index contributed by atoms with van der Waals surface area (Å²) in [6.45, 7) is 5.44. The topological polar surface area (TPSA) is 81.6 Å². The monoisotopic (exact) mass is 388 g/mol. The van der Waals surface area contributed by atoms with Crippen molar-refractivity contribution in [3.8, 4) is 17.3 Å². The van der Waals surface area contributed by atoms with Gasteiger partial charge in [-0.1, -0.05) is 24.3 Å². The average Bonchev–Trinajstić information content (AvgIpc) is 3.34. The zero-order valence-electron chi connectivity index (χ0n) is 16.5. The fourth-order valence-corrected chi connectivity index (χ4v) is 3.98. The quantitative estimate of drug-likeness (QED) is 0.566. The van der Waals surface area contributed by atoms with Crippen LogP contribution in [0.2, 0.25) is 0 Å². The van der Waals surface area contributed by atoms with E-state index in [1.54, 1.807) is 0 Å². The fourth-order valence-electron chi connectivity index (χ4n) is 3.98. The number of hydrogen-bond donors (Lipinski definition) is 1. The first-order valence-electron chi connectivity index (χ1n) is 10.1. The molecule has 0 spiro atoms. The van der Waals surface area contributed by atoms with Gasteiger partial charge in [0.1, 0.15) is 17.0 Å². The summed E-state index contributed by atoms with van der Waals surface area (Å²) in [4.78, 5) is 7.24. The van der Waals surface area contributed by atoms with E-state index in [2.05, 4.69) is 33.4 Å². The largest absolute Gasteiger partial charge is 0.492 e. The zero-order valence-corrected chi connectivity index (χ0v) is 16.5. The minimum Gasteiger partial charge on any atom is -0.492 e. The Morgan fingerprint density at radius 2 is 2.07 bits per heavy atom. The van der Waals surface area contributed by atoms with E-state index in [0.29, 0.717) is 6.61 Å². The van der Waals surface area contributed by atoms with Gasteiger partial charge < -0.3 is 10.5 Å². The van der Waals surface area contributed by atoms with Gasteiger partial charge in [-0.15, -0.1) is 10.2 Å². The van der Waals surface area contributed by atoms with E-state index in [1.165, 1.54) is 5.56 Å². The van der Waals surface area contributed by atoms with Crippen LogP contribution in [0.15, 0.2) is 48.7 Å². The molecule has 7 nitrogen and oxygen atoms in total. The maximum absolute atomic E-state index is 6.05. The molecule has 0 aliphatic carbocycles. The molecule has 0 bridgehead atoms. The van der Waals surface area contributed by atoms with Crippen molar-refractivity contribution in [1.82, 2.24) is 24.5 Å². The molecule has 1 aliphatic rings. The highest BCUT2D eigenvalue weighted by atomic mass is 16.5. The van der Waals surface area contributed by atoms with Crippen LogP contribution >= 0.6 is 0 Å². The fraction of sp³-hybridized carbons (Fsp3) is 0.318. The van der Waals surface area contributed by atoms with Crippen LogP contribution in [0.5, 0.6) is 5.75 Å². The number of aromatic nitrogens is 4. The van der Waals surface area contributed by atoms with Crippen molar-refractivity contribution < 1.29 is 4.74 Å². The third-order valence-corrected chi connectivity index (χ3v) is 5.39. The Kier molecular flexibility index (Phi) is 4.61. The van der Waals surface area contributed by atoms with Gasteiger partial charge in [0.15, 0.2) is 11.5 Å². The molecule has 148 valence electrons. The molecule has 7 heteroatoms. The van der Waals surface area contributed by atoms with Gasteiger partial charge in [-0.2, -0.15) is 0 Å². The Bertz CT molecular complexity index is 1170. The first-order chi connectivity index (χ1) is 14.2. The van der Waals surface area contributed by atoms with E-state index in [0.717, 1.165) is 59.9 Å². The first kappa shape index (κ1) is 18.0. The van der Waals surface area contributed by atoms with Crippen LogP contribution < -0.4 is 10.5 Å². The number of fused-ring (bicyclic) bond motifs is 2. The van der Waals surface area contributed by atoms with Crippen LogP contribution in [0.4, 0.5) is 0 Å². The maximum atomic E-state index is 6.05. The Labute approximate surface area is 169 Å². The number of likely N-dealkylation sites (tertiary alicyclic amines) is 1. The summed E-state index contributed by atoms with van der Waals surface area (Å²) in [6.07, 6.45) is 3.16. The molecule has 29 heavy (non-hydrogen) atoms. The number of ether oxygens (including phenoxy) is 1. The molecular formula is C22H24N6O. The molecule has 2 N–H and O–H groups in total. The summed E-state index contributed by atoms with van der Waals surface area (Å²) in [5.41, 5.74) is 9.68. The standard InChI is InChI=1S/C22H24N6O/c1-2-29-19-5-3-4-16-7-8-18(24-21(16)19)22-26-25-20-9-6-15(13-28(20)22)12-27-11-10-17(23)14-27/h3-9,13,17H,2,10-12,14,23H2,1H3. The molecular weight excluding hydrogens is 364 g/mol. The molecule has 3 aromatic heterocycles. The maximum Gasteiger partial charge on any atom is 0.187 e. The lowest BCUT2D eigenvalue weighted by molar-refractivity contribution is 0.326. The highest BCUT2D eigenvalue weighted by Gasteiger charge is 2.19. The minimum absolute atomic E-state index is 0.283.